The molecule has 0 aromatic heterocycles. The van der Waals surface area contributed by atoms with E-state index in [1.54, 1.807) is 13.8 Å². The molecular formula is C10H16O7S2. The first kappa shape index (κ1) is 16.6. The van der Waals surface area contributed by atoms with Crippen molar-refractivity contribution in [1.29, 1.82) is 0 Å². The highest BCUT2D eigenvalue weighted by Crippen LogP contribution is 2.43. The molecule has 1 saturated heterocycles. The molecule has 0 aliphatic carbocycles. The second kappa shape index (κ2) is 6.80. The molecule has 1 fully saturated rings. The summed E-state index contributed by atoms with van der Waals surface area (Å²) in [6.45, 7) is 3.55. The molecule has 0 bridgehead atoms. The highest BCUT2D eigenvalue weighted by molar-refractivity contribution is 8.08. The lowest BCUT2D eigenvalue weighted by atomic mass is 10.4. The molecule has 1 aliphatic rings. The molecule has 2 atom stereocenters. The molecule has 0 saturated carbocycles. The quantitative estimate of drug-likeness (QED) is 0.409. The van der Waals surface area contributed by atoms with Gasteiger partial charge in [0, 0.05) is 11.5 Å². The van der Waals surface area contributed by atoms with E-state index in [-0.39, 0.29) is 24.7 Å². The highest BCUT2D eigenvalue weighted by Gasteiger charge is 2.52. The van der Waals surface area contributed by atoms with Crippen LogP contribution in [0.5, 0.6) is 0 Å². The van der Waals surface area contributed by atoms with Gasteiger partial charge in [0.25, 0.3) is 0 Å². The summed E-state index contributed by atoms with van der Waals surface area (Å²) in [6, 6.07) is 0. The third-order valence-corrected chi connectivity index (χ3v) is 5.25. The van der Waals surface area contributed by atoms with Gasteiger partial charge in [0.05, 0.1) is 13.2 Å². The number of ether oxygens (including phenoxy) is 1. The van der Waals surface area contributed by atoms with Crippen LogP contribution >= 0.6 is 23.5 Å². The maximum absolute atomic E-state index is 11.6. The number of aliphatic hydroxyl groups is 2. The summed E-state index contributed by atoms with van der Waals surface area (Å²) in [4.78, 5) is 28.3. The van der Waals surface area contributed by atoms with Crippen LogP contribution < -0.4 is 0 Å². The molecule has 19 heavy (non-hydrogen) atoms. The van der Waals surface area contributed by atoms with Crippen molar-refractivity contribution in [3.63, 3.8) is 0 Å². The van der Waals surface area contributed by atoms with Gasteiger partial charge in [-0.3, -0.25) is 4.89 Å². The molecule has 1 aliphatic heterocycles. The van der Waals surface area contributed by atoms with Crippen LogP contribution in [0.4, 0.5) is 0 Å². The molecule has 0 aromatic rings. The van der Waals surface area contributed by atoms with Gasteiger partial charge < -0.3 is 14.9 Å². The summed E-state index contributed by atoms with van der Waals surface area (Å²) in [7, 11) is 0. The number of carbonyl (C=O) groups is 2. The van der Waals surface area contributed by atoms with Gasteiger partial charge in [0.1, 0.15) is 0 Å². The van der Waals surface area contributed by atoms with E-state index in [1.165, 1.54) is 0 Å². The molecular weight excluding hydrogens is 296 g/mol. The van der Waals surface area contributed by atoms with Gasteiger partial charge in [-0.25, -0.2) is 9.59 Å². The van der Waals surface area contributed by atoms with Crippen LogP contribution in [0.1, 0.15) is 13.8 Å². The Balaban J connectivity index is 2.60. The number of thioether (sulfide) groups is 2. The molecule has 2 N–H and O–H groups in total. The van der Waals surface area contributed by atoms with Crippen LogP contribution in [0.15, 0.2) is 0 Å². The van der Waals surface area contributed by atoms with Crippen molar-refractivity contribution < 1.29 is 34.3 Å². The van der Waals surface area contributed by atoms with Crippen LogP contribution in [0.25, 0.3) is 0 Å². The van der Waals surface area contributed by atoms with Crippen molar-refractivity contribution in [1.82, 2.24) is 0 Å². The van der Waals surface area contributed by atoms with Gasteiger partial charge in [0.2, 0.25) is 9.87 Å². The minimum atomic E-state index is -1.85. The van der Waals surface area contributed by atoms with Crippen molar-refractivity contribution in [3.05, 3.63) is 0 Å². The minimum Gasteiger partial charge on any atom is -0.463 e. The Bertz CT molecular complexity index is 339. The first-order valence-electron chi connectivity index (χ1n) is 5.61. The molecule has 1 heterocycles. The molecule has 0 spiro atoms. The summed E-state index contributed by atoms with van der Waals surface area (Å²) < 4.78 is 4.73. The number of carbonyl (C=O) groups excluding carboxylic acids is 2. The lowest BCUT2D eigenvalue weighted by Crippen LogP contribution is -2.51. The predicted octanol–water partition coefficient (Wildman–Crippen LogP) is -0.0986. The second-order valence-corrected chi connectivity index (χ2v) is 6.15. The van der Waals surface area contributed by atoms with Gasteiger partial charge in [-0.05, 0) is 13.8 Å². The van der Waals surface area contributed by atoms with Crippen molar-refractivity contribution in [2.24, 2.45) is 0 Å². The number of hydrogen-bond donors (Lipinski definition) is 2. The zero-order valence-corrected chi connectivity index (χ0v) is 12.2. The molecule has 7 nitrogen and oxygen atoms in total. The van der Waals surface area contributed by atoms with E-state index in [1.807, 2.05) is 0 Å². The van der Waals surface area contributed by atoms with Crippen LogP contribution in [0, 0.1) is 0 Å². The van der Waals surface area contributed by atoms with Crippen molar-refractivity contribution in [2.75, 3.05) is 24.7 Å². The standard InChI is InChI=1S/C10H16O7S2/c1-3-15-7(11)9(13)5-19-10(14,6-18-9)8(12)17-16-4-2/h13-14H,3-6H2,1-2H3. The number of hydrogen-bond acceptors (Lipinski definition) is 9. The van der Waals surface area contributed by atoms with E-state index < -0.39 is 21.8 Å². The zero-order valence-electron chi connectivity index (χ0n) is 10.6. The summed E-state index contributed by atoms with van der Waals surface area (Å²) in [5.41, 5.74) is 0. The van der Waals surface area contributed by atoms with E-state index >= 15 is 0 Å². The molecule has 110 valence electrons. The first-order chi connectivity index (χ1) is 8.88. The van der Waals surface area contributed by atoms with Crippen LogP contribution in [-0.2, 0) is 24.1 Å². The molecule has 2 unspecified atom stereocenters. The number of rotatable bonds is 5. The summed E-state index contributed by atoms with van der Waals surface area (Å²) in [5.74, 6) is -2.14. The average Bonchev–Trinajstić information content (AvgIpc) is 2.40. The van der Waals surface area contributed by atoms with E-state index in [9.17, 15) is 19.8 Å². The minimum absolute atomic E-state index is 0.142. The third-order valence-electron chi connectivity index (χ3n) is 2.18. The molecule has 9 heteroatoms. The van der Waals surface area contributed by atoms with E-state index in [0.29, 0.717) is 11.8 Å². The monoisotopic (exact) mass is 312 g/mol. The average molecular weight is 312 g/mol. The van der Waals surface area contributed by atoms with Crippen LogP contribution in [0.2, 0.25) is 0 Å². The molecule has 0 amide bonds. The maximum atomic E-state index is 11.6. The van der Waals surface area contributed by atoms with Gasteiger partial charge in [0.15, 0.2) is 0 Å². The third kappa shape index (κ3) is 3.99. The SMILES string of the molecule is CCOOC(=O)C1(O)CSC(O)(C(=O)OCC)CS1. The van der Waals surface area contributed by atoms with Gasteiger partial charge >= 0.3 is 11.9 Å². The van der Waals surface area contributed by atoms with E-state index in [0.717, 1.165) is 11.8 Å². The van der Waals surface area contributed by atoms with Crippen LogP contribution in [-0.4, -0.2) is 56.7 Å². The lowest BCUT2D eigenvalue weighted by Gasteiger charge is -2.35. The van der Waals surface area contributed by atoms with Gasteiger partial charge in [-0.1, -0.05) is 0 Å². The Labute approximate surface area is 118 Å². The van der Waals surface area contributed by atoms with Gasteiger partial charge in [-0.2, -0.15) is 4.89 Å². The normalized spacial score (nSPS) is 30.7. The van der Waals surface area contributed by atoms with E-state index in [2.05, 4.69) is 9.78 Å². The Morgan fingerprint density at radius 1 is 1.05 bits per heavy atom. The predicted molar refractivity (Wildman–Crippen MR) is 69.2 cm³/mol. The number of esters is 1. The van der Waals surface area contributed by atoms with E-state index in [4.69, 9.17) is 4.74 Å². The Morgan fingerprint density at radius 3 is 2.00 bits per heavy atom. The Morgan fingerprint density at radius 2 is 1.58 bits per heavy atom. The summed E-state index contributed by atoms with van der Waals surface area (Å²) in [6.07, 6.45) is 0. The fraction of sp³-hybridized carbons (Fsp3) is 0.800. The fourth-order valence-corrected chi connectivity index (χ4v) is 3.63. The second-order valence-electron chi connectivity index (χ2n) is 3.64. The zero-order chi connectivity index (χ0) is 14.5. The molecule has 0 radical (unpaired) electrons. The van der Waals surface area contributed by atoms with Crippen molar-refractivity contribution >= 4 is 35.5 Å². The van der Waals surface area contributed by atoms with Crippen molar-refractivity contribution in [3.8, 4) is 0 Å². The highest BCUT2D eigenvalue weighted by atomic mass is 32.2. The largest absolute Gasteiger partial charge is 0.463 e. The summed E-state index contributed by atoms with van der Waals surface area (Å²) >= 11 is 1.45. The molecule has 0 aromatic carbocycles. The van der Waals surface area contributed by atoms with Gasteiger partial charge in [-0.15, -0.1) is 23.5 Å². The topological polar surface area (TPSA) is 102 Å². The first-order valence-corrected chi connectivity index (χ1v) is 7.59. The Kier molecular flexibility index (Phi) is 5.93. The smallest absolute Gasteiger partial charge is 0.384 e. The maximum Gasteiger partial charge on any atom is 0.384 e. The van der Waals surface area contributed by atoms with Crippen LogP contribution in [0.3, 0.4) is 0 Å². The fourth-order valence-electron chi connectivity index (χ4n) is 1.17. The summed E-state index contributed by atoms with van der Waals surface area (Å²) in [5, 5.41) is 20.1. The Hall–Kier alpha value is -0.480. The molecule has 1 rings (SSSR count). The van der Waals surface area contributed by atoms with Crippen molar-refractivity contribution in [2.45, 2.75) is 23.7 Å². The lowest BCUT2D eigenvalue weighted by molar-refractivity contribution is -0.277.